The minimum absolute atomic E-state index is 0.227. The molecule has 0 radical (unpaired) electrons. The first-order chi connectivity index (χ1) is 6.15. The van der Waals surface area contributed by atoms with Crippen molar-refractivity contribution in [2.45, 2.75) is 13.8 Å². The Morgan fingerprint density at radius 1 is 1.69 bits per heavy atom. The number of carbonyl (C=O) groups excluding carboxylic acids is 1. The molecular formula is C7H8N4OS. The van der Waals surface area contributed by atoms with Gasteiger partial charge in [-0.3, -0.25) is 15.6 Å². The highest BCUT2D eigenvalue weighted by Crippen LogP contribution is 2.20. The van der Waals surface area contributed by atoms with E-state index in [-0.39, 0.29) is 5.91 Å². The summed E-state index contributed by atoms with van der Waals surface area (Å²) in [7, 11) is 0. The SMILES string of the molecule is CC(=O)NNc1nsc(C)c1C#N. The number of nitriles is 1. The normalized spacial score (nSPS) is 9.00. The molecule has 1 amide bonds. The maximum atomic E-state index is 10.5. The molecule has 0 bridgehead atoms. The van der Waals surface area contributed by atoms with E-state index in [1.165, 1.54) is 18.5 Å². The smallest absolute Gasteiger partial charge is 0.235 e. The maximum Gasteiger partial charge on any atom is 0.235 e. The summed E-state index contributed by atoms with van der Waals surface area (Å²) in [6.45, 7) is 3.17. The lowest BCUT2D eigenvalue weighted by molar-refractivity contribution is -0.118. The number of hydrazine groups is 1. The van der Waals surface area contributed by atoms with Gasteiger partial charge in [0.15, 0.2) is 5.82 Å². The van der Waals surface area contributed by atoms with E-state index in [1.54, 1.807) is 6.92 Å². The van der Waals surface area contributed by atoms with Gasteiger partial charge in [0.2, 0.25) is 5.91 Å². The van der Waals surface area contributed by atoms with Crippen molar-refractivity contribution in [2.75, 3.05) is 5.43 Å². The van der Waals surface area contributed by atoms with Crippen LogP contribution < -0.4 is 10.9 Å². The summed E-state index contributed by atoms with van der Waals surface area (Å²) in [6.07, 6.45) is 0. The molecule has 0 aliphatic heterocycles. The Morgan fingerprint density at radius 3 is 2.92 bits per heavy atom. The van der Waals surface area contributed by atoms with Crippen molar-refractivity contribution < 1.29 is 4.79 Å². The van der Waals surface area contributed by atoms with Gasteiger partial charge in [0, 0.05) is 11.8 Å². The first-order valence-corrected chi connectivity index (χ1v) is 4.31. The highest BCUT2D eigenvalue weighted by Gasteiger charge is 2.09. The number of hydrogen-bond donors (Lipinski definition) is 2. The van der Waals surface area contributed by atoms with E-state index >= 15 is 0 Å². The van der Waals surface area contributed by atoms with E-state index in [0.717, 1.165) is 4.88 Å². The van der Waals surface area contributed by atoms with Gasteiger partial charge >= 0.3 is 0 Å². The molecule has 13 heavy (non-hydrogen) atoms. The topological polar surface area (TPSA) is 77.8 Å². The third-order valence-electron chi connectivity index (χ3n) is 1.33. The summed E-state index contributed by atoms with van der Waals surface area (Å²) < 4.78 is 3.95. The van der Waals surface area contributed by atoms with E-state index in [4.69, 9.17) is 5.26 Å². The molecule has 68 valence electrons. The summed E-state index contributed by atoms with van der Waals surface area (Å²) in [5, 5.41) is 8.72. The largest absolute Gasteiger partial charge is 0.280 e. The fraction of sp³-hybridized carbons (Fsp3) is 0.286. The molecule has 1 aromatic heterocycles. The van der Waals surface area contributed by atoms with E-state index in [2.05, 4.69) is 15.2 Å². The molecule has 0 atom stereocenters. The molecular weight excluding hydrogens is 188 g/mol. The fourth-order valence-electron chi connectivity index (χ4n) is 0.736. The minimum atomic E-state index is -0.227. The zero-order valence-corrected chi connectivity index (χ0v) is 8.03. The summed E-state index contributed by atoms with van der Waals surface area (Å²) in [6, 6.07) is 2.00. The number of anilines is 1. The van der Waals surface area contributed by atoms with Crippen molar-refractivity contribution in [3.8, 4) is 6.07 Å². The summed E-state index contributed by atoms with van der Waals surface area (Å²) >= 11 is 1.22. The van der Waals surface area contributed by atoms with Crippen LogP contribution in [0.2, 0.25) is 0 Å². The fourth-order valence-corrected chi connectivity index (χ4v) is 1.34. The lowest BCUT2D eigenvalue weighted by atomic mass is 10.3. The Hall–Kier alpha value is -1.61. The van der Waals surface area contributed by atoms with Gasteiger partial charge in [-0.15, -0.1) is 0 Å². The van der Waals surface area contributed by atoms with Gasteiger partial charge < -0.3 is 0 Å². The number of aromatic nitrogens is 1. The quantitative estimate of drug-likeness (QED) is 0.685. The molecule has 6 heteroatoms. The molecule has 1 heterocycles. The zero-order valence-electron chi connectivity index (χ0n) is 7.21. The third kappa shape index (κ3) is 2.16. The molecule has 0 fully saturated rings. The number of hydrogen-bond acceptors (Lipinski definition) is 5. The highest BCUT2D eigenvalue weighted by atomic mass is 32.1. The molecule has 0 saturated carbocycles. The lowest BCUT2D eigenvalue weighted by Crippen LogP contribution is -2.27. The molecule has 5 nitrogen and oxygen atoms in total. The van der Waals surface area contributed by atoms with E-state index < -0.39 is 0 Å². The Morgan fingerprint density at radius 2 is 2.38 bits per heavy atom. The van der Waals surface area contributed by atoms with Gasteiger partial charge in [0.05, 0.1) is 0 Å². The van der Waals surface area contributed by atoms with Gasteiger partial charge in [-0.1, -0.05) is 0 Å². The maximum absolute atomic E-state index is 10.5. The van der Waals surface area contributed by atoms with Gasteiger partial charge in [0.1, 0.15) is 11.6 Å². The van der Waals surface area contributed by atoms with Gasteiger partial charge in [0.25, 0.3) is 0 Å². The molecule has 0 aliphatic carbocycles. The molecule has 0 aromatic carbocycles. The van der Waals surface area contributed by atoms with E-state index in [9.17, 15) is 4.79 Å². The van der Waals surface area contributed by atoms with Crippen LogP contribution in [-0.4, -0.2) is 10.3 Å². The molecule has 1 rings (SSSR count). The predicted molar refractivity (Wildman–Crippen MR) is 49.0 cm³/mol. The van der Waals surface area contributed by atoms with Crippen LogP contribution in [0.3, 0.4) is 0 Å². The Bertz CT molecular complexity index is 365. The third-order valence-corrected chi connectivity index (χ3v) is 2.08. The second-order valence-electron chi connectivity index (χ2n) is 2.38. The summed E-state index contributed by atoms with van der Waals surface area (Å²) in [4.78, 5) is 11.4. The average molecular weight is 196 g/mol. The first kappa shape index (κ1) is 9.48. The average Bonchev–Trinajstić information content (AvgIpc) is 2.42. The number of nitrogens with one attached hydrogen (secondary N) is 2. The molecule has 1 aromatic rings. The zero-order chi connectivity index (χ0) is 9.84. The predicted octanol–water partition coefficient (Wildman–Crippen LogP) is 0.786. The van der Waals surface area contributed by atoms with Crippen LogP contribution in [0.5, 0.6) is 0 Å². The van der Waals surface area contributed by atoms with Crippen molar-refractivity contribution >= 4 is 23.3 Å². The van der Waals surface area contributed by atoms with Crippen LogP contribution in [0.25, 0.3) is 0 Å². The number of amides is 1. The van der Waals surface area contributed by atoms with Crippen LogP contribution in [0.1, 0.15) is 17.4 Å². The van der Waals surface area contributed by atoms with Gasteiger partial charge in [-0.25, -0.2) is 0 Å². The molecule has 0 unspecified atom stereocenters. The molecule has 0 spiro atoms. The second kappa shape index (κ2) is 3.87. The summed E-state index contributed by atoms with van der Waals surface area (Å²) in [5.74, 6) is 0.176. The first-order valence-electron chi connectivity index (χ1n) is 3.54. The number of carbonyl (C=O) groups is 1. The minimum Gasteiger partial charge on any atom is -0.280 e. The second-order valence-corrected chi connectivity index (χ2v) is 3.36. The van der Waals surface area contributed by atoms with Crippen LogP contribution in [-0.2, 0) is 4.79 Å². The Kier molecular flexibility index (Phi) is 2.82. The standard InChI is InChI=1S/C7H8N4OS/c1-4-6(3-8)7(11-13-4)10-9-5(2)12/h1-2H3,(H,9,12)(H,10,11). The van der Waals surface area contributed by atoms with Crippen LogP contribution in [0.15, 0.2) is 0 Å². The van der Waals surface area contributed by atoms with E-state index in [0.29, 0.717) is 11.4 Å². The van der Waals surface area contributed by atoms with Gasteiger partial charge in [-0.05, 0) is 18.5 Å². The monoisotopic (exact) mass is 196 g/mol. The number of aryl methyl sites for hydroxylation is 1. The van der Waals surface area contributed by atoms with E-state index in [1.807, 2.05) is 6.07 Å². The van der Waals surface area contributed by atoms with Crippen molar-refractivity contribution in [2.24, 2.45) is 0 Å². The molecule has 2 N–H and O–H groups in total. The molecule has 0 saturated heterocycles. The van der Waals surface area contributed by atoms with Gasteiger partial charge in [-0.2, -0.15) is 9.64 Å². The van der Waals surface area contributed by atoms with Crippen molar-refractivity contribution in [3.05, 3.63) is 10.4 Å². The number of nitrogens with zero attached hydrogens (tertiary/aromatic N) is 2. The Balaban J connectivity index is 2.78. The van der Waals surface area contributed by atoms with Crippen LogP contribution in [0.4, 0.5) is 5.82 Å². The highest BCUT2D eigenvalue weighted by molar-refractivity contribution is 7.06. The van der Waals surface area contributed by atoms with Crippen molar-refractivity contribution in [3.63, 3.8) is 0 Å². The van der Waals surface area contributed by atoms with Crippen LogP contribution in [0, 0.1) is 18.3 Å². The summed E-state index contributed by atoms with van der Waals surface area (Å²) in [5.41, 5.74) is 5.39. The van der Waals surface area contributed by atoms with Crippen molar-refractivity contribution in [1.82, 2.24) is 9.80 Å². The Labute approximate surface area is 79.5 Å². The lowest BCUT2D eigenvalue weighted by Gasteiger charge is -2.01. The number of rotatable bonds is 2. The molecule has 0 aliphatic rings. The van der Waals surface area contributed by atoms with Crippen LogP contribution >= 0.6 is 11.5 Å². The van der Waals surface area contributed by atoms with Crippen molar-refractivity contribution in [1.29, 1.82) is 5.26 Å².